The van der Waals surface area contributed by atoms with Gasteiger partial charge in [0.15, 0.2) is 10.9 Å². The lowest BCUT2D eigenvalue weighted by Gasteiger charge is -2.29. The van der Waals surface area contributed by atoms with Gasteiger partial charge in [0.2, 0.25) is 0 Å². The highest BCUT2D eigenvalue weighted by Gasteiger charge is 2.59. The maximum Gasteiger partial charge on any atom is 0.171 e. The molecular formula is C20H23ClN2O5. The van der Waals surface area contributed by atoms with E-state index in [0.717, 1.165) is 0 Å². The Balaban J connectivity index is 1.39. The number of para-hydroxylation sites is 1. The molecule has 1 aromatic carbocycles. The second kappa shape index (κ2) is 7.50. The number of hydrogen-bond donors (Lipinski definition) is 4. The fourth-order valence-electron chi connectivity index (χ4n) is 4.26. The number of pyridine rings is 1. The van der Waals surface area contributed by atoms with Crippen molar-refractivity contribution in [2.45, 2.75) is 30.3 Å². The van der Waals surface area contributed by atoms with Crippen LogP contribution in [0.4, 0.5) is 0 Å². The highest BCUT2D eigenvalue weighted by Crippen LogP contribution is 2.43. The van der Waals surface area contributed by atoms with Gasteiger partial charge in [0.25, 0.3) is 0 Å². The van der Waals surface area contributed by atoms with Gasteiger partial charge >= 0.3 is 0 Å². The lowest BCUT2D eigenvalue weighted by Crippen LogP contribution is -2.49. The van der Waals surface area contributed by atoms with Crippen molar-refractivity contribution >= 4 is 11.6 Å². The fraction of sp³-hybridized carbons (Fsp3) is 0.450. The van der Waals surface area contributed by atoms with Crippen LogP contribution in [0.3, 0.4) is 0 Å². The molecule has 1 aromatic heterocycles. The highest BCUT2D eigenvalue weighted by atomic mass is 35.5. The second-order valence-electron chi connectivity index (χ2n) is 7.59. The Bertz CT molecular complexity index is 839. The summed E-state index contributed by atoms with van der Waals surface area (Å²) in [6.45, 7) is 1.01. The molecule has 0 bridgehead atoms. The van der Waals surface area contributed by atoms with E-state index in [9.17, 15) is 20.4 Å². The summed E-state index contributed by atoms with van der Waals surface area (Å²) < 4.78 is 5.87. The van der Waals surface area contributed by atoms with Gasteiger partial charge in [-0.15, -0.1) is 0 Å². The zero-order valence-corrected chi connectivity index (χ0v) is 15.9. The van der Waals surface area contributed by atoms with Gasteiger partial charge in [0, 0.05) is 25.6 Å². The molecular weight excluding hydrogens is 384 g/mol. The molecule has 2 fully saturated rings. The van der Waals surface area contributed by atoms with E-state index < -0.39 is 23.9 Å². The third-order valence-corrected chi connectivity index (χ3v) is 5.98. The average molecular weight is 407 g/mol. The fourth-order valence-corrected chi connectivity index (χ4v) is 4.42. The third-order valence-electron chi connectivity index (χ3n) is 5.70. The van der Waals surface area contributed by atoms with Crippen molar-refractivity contribution in [1.29, 1.82) is 0 Å². The summed E-state index contributed by atoms with van der Waals surface area (Å²) in [5.41, 5.74) is -0.933. The van der Waals surface area contributed by atoms with Crippen molar-refractivity contribution in [3.05, 3.63) is 53.3 Å². The van der Waals surface area contributed by atoms with Crippen molar-refractivity contribution in [1.82, 2.24) is 9.88 Å². The monoisotopic (exact) mass is 406 g/mol. The SMILES string of the molecule is Oc1ccc(C(O)CN2C[C@H]3C[C@H](Oc4ccccc4)[C@H](O)[C@@]3(O)C2)nc1Cl. The van der Waals surface area contributed by atoms with Crippen LogP contribution in [-0.4, -0.2) is 67.8 Å². The summed E-state index contributed by atoms with van der Waals surface area (Å²) in [4.78, 5) is 5.89. The number of β-amino-alcohol motifs (C(OH)–C–C–N with tert-alkyl or cyclic N) is 2. The zero-order valence-electron chi connectivity index (χ0n) is 15.1. The Labute approximate surface area is 167 Å². The van der Waals surface area contributed by atoms with E-state index in [0.29, 0.717) is 24.4 Å². The van der Waals surface area contributed by atoms with Crippen molar-refractivity contribution in [3.8, 4) is 11.5 Å². The van der Waals surface area contributed by atoms with Gasteiger partial charge in [0.05, 0.1) is 5.69 Å². The Hall–Kier alpha value is -1.90. The van der Waals surface area contributed by atoms with Gasteiger partial charge in [-0.2, -0.15) is 0 Å². The number of aromatic hydroxyl groups is 1. The Morgan fingerprint density at radius 2 is 2.00 bits per heavy atom. The van der Waals surface area contributed by atoms with Crippen LogP contribution >= 0.6 is 11.6 Å². The zero-order chi connectivity index (χ0) is 19.9. The normalized spacial score (nSPS) is 30.9. The van der Waals surface area contributed by atoms with Crippen LogP contribution in [0.1, 0.15) is 18.2 Å². The predicted molar refractivity (Wildman–Crippen MR) is 102 cm³/mol. The Morgan fingerprint density at radius 3 is 2.68 bits per heavy atom. The predicted octanol–water partition coefficient (Wildman–Crippen LogP) is 1.35. The number of hydrogen-bond acceptors (Lipinski definition) is 7. The van der Waals surface area contributed by atoms with E-state index in [4.69, 9.17) is 16.3 Å². The minimum atomic E-state index is -1.28. The number of fused-ring (bicyclic) bond motifs is 1. The van der Waals surface area contributed by atoms with Gasteiger partial charge in [-0.05, 0) is 30.7 Å². The summed E-state index contributed by atoms with van der Waals surface area (Å²) in [5.74, 6) is 0.368. The lowest BCUT2D eigenvalue weighted by atomic mass is 9.93. The molecule has 0 radical (unpaired) electrons. The first kappa shape index (κ1) is 19.4. The topological polar surface area (TPSA) is 106 Å². The summed E-state index contributed by atoms with van der Waals surface area (Å²) in [5, 5.41) is 41.6. The minimum absolute atomic E-state index is 0.0650. The van der Waals surface area contributed by atoms with Crippen molar-refractivity contribution in [3.63, 3.8) is 0 Å². The Kier molecular flexibility index (Phi) is 5.20. The van der Waals surface area contributed by atoms with Crippen LogP contribution in [-0.2, 0) is 0 Å². The van der Waals surface area contributed by atoms with Crippen molar-refractivity contribution < 1.29 is 25.2 Å². The number of nitrogens with zero attached hydrogens (tertiary/aromatic N) is 2. The van der Waals surface area contributed by atoms with E-state index in [2.05, 4.69) is 4.98 Å². The standard InChI is InChI=1S/C20H23ClN2O5/c21-19-15(24)7-6-14(22-19)16(25)10-23-9-12-8-17(18(26)20(12,27)11-23)28-13-4-2-1-3-5-13/h1-7,12,16-18,24-27H,8-11H2/t12-,16?,17+,18+,20-/m1/s1. The van der Waals surface area contributed by atoms with Gasteiger partial charge in [-0.25, -0.2) is 4.98 Å². The van der Waals surface area contributed by atoms with Crippen LogP contribution in [0, 0.1) is 5.92 Å². The number of halogens is 1. The molecule has 8 heteroatoms. The van der Waals surface area contributed by atoms with E-state index in [1.54, 1.807) is 0 Å². The average Bonchev–Trinajstić information content (AvgIpc) is 3.10. The first-order chi connectivity index (χ1) is 13.4. The third kappa shape index (κ3) is 3.56. The molecule has 150 valence electrons. The summed E-state index contributed by atoms with van der Waals surface area (Å²) in [7, 11) is 0. The van der Waals surface area contributed by atoms with Crippen molar-refractivity contribution in [2.24, 2.45) is 5.92 Å². The number of aliphatic hydroxyl groups is 3. The summed E-state index contributed by atoms with van der Waals surface area (Å²) >= 11 is 5.80. The first-order valence-electron chi connectivity index (χ1n) is 9.25. The van der Waals surface area contributed by atoms with Crippen LogP contribution < -0.4 is 4.74 Å². The summed E-state index contributed by atoms with van der Waals surface area (Å²) in [6, 6.07) is 12.1. The highest BCUT2D eigenvalue weighted by molar-refractivity contribution is 6.30. The van der Waals surface area contributed by atoms with E-state index in [1.165, 1.54) is 12.1 Å². The van der Waals surface area contributed by atoms with E-state index in [1.807, 2.05) is 35.2 Å². The quantitative estimate of drug-likeness (QED) is 0.555. The molecule has 1 saturated heterocycles. The van der Waals surface area contributed by atoms with Gasteiger partial charge in [-0.1, -0.05) is 29.8 Å². The second-order valence-corrected chi connectivity index (χ2v) is 7.95. The largest absolute Gasteiger partial charge is 0.505 e. The van der Waals surface area contributed by atoms with Gasteiger partial charge in [-0.3, -0.25) is 4.90 Å². The van der Waals surface area contributed by atoms with Crippen LogP contribution in [0.25, 0.3) is 0 Å². The smallest absolute Gasteiger partial charge is 0.171 e. The maximum absolute atomic E-state index is 11.1. The number of ether oxygens (including phenoxy) is 1. The molecule has 2 aromatic rings. The summed E-state index contributed by atoms with van der Waals surface area (Å²) in [6.07, 6.45) is -1.88. The minimum Gasteiger partial charge on any atom is -0.505 e. The molecule has 1 saturated carbocycles. The molecule has 5 atom stereocenters. The van der Waals surface area contributed by atoms with E-state index in [-0.39, 0.29) is 29.9 Å². The molecule has 28 heavy (non-hydrogen) atoms. The molecule has 2 heterocycles. The molecule has 7 nitrogen and oxygen atoms in total. The number of aliphatic hydroxyl groups excluding tert-OH is 2. The maximum atomic E-state index is 11.1. The molecule has 0 spiro atoms. The van der Waals surface area contributed by atoms with E-state index >= 15 is 0 Å². The van der Waals surface area contributed by atoms with Crippen LogP contribution in [0.15, 0.2) is 42.5 Å². The molecule has 4 rings (SSSR count). The Morgan fingerprint density at radius 1 is 1.25 bits per heavy atom. The van der Waals surface area contributed by atoms with Crippen LogP contribution in [0.5, 0.6) is 11.5 Å². The number of benzene rings is 1. The number of rotatable bonds is 5. The lowest BCUT2D eigenvalue weighted by molar-refractivity contribution is -0.0876. The first-order valence-corrected chi connectivity index (χ1v) is 9.62. The number of aromatic nitrogens is 1. The van der Waals surface area contributed by atoms with Gasteiger partial charge < -0.3 is 25.2 Å². The molecule has 0 amide bonds. The molecule has 4 N–H and O–H groups in total. The van der Waals surface area contributed by atoms with Crippen molar-refractivity contribution in [2.75, 3.05) is 19.6 Å². The van der Waals surface area contributed by atoms with Gasteiger partial charge in [0.1, 0.15) is 29.7 Å². The van der Waals surface area contributed by atoms with Crippen LogP contribution in [0.2, 0.25) is 5.15 Å². The number of likely N-dealkylation sites (tertiary alicyclic amines) is 1. The molecule has 2 aliphatic rings. The molecule has 1 unspecified atom stereocenters. The molecule has 1 aliphatic heterocycles. The molecule has 1 aliphatic carbocycles.